The molecule has 0 amide bonds. The first kappa shape index (κ1) is 7.17. The van der Waals surface area contributed by atoms with E-state index in [0.717, 1.165) is 6.42 Å². The van der Waals surface area contributed by atoms with E-state index in [0.29, 0.717) is 0 Å². The molecule has 0 saturated carbocycles. The lowest BCUT2D eigenvalue weighted by molar-refractivity contribution is 1.13. The normalized spacial score (nSPS) is 15.2. The molecule has 12 heavy (non-hydrogen) atoms. The number of hydrogen-bond donors (Lipinski definition) is 1. The van der Waals surface area contributed by atoms with Crippen LogP contribution in [0.2, 0.25) is 0 Å². The first-order valence-electron chi connectivity index (χ1n) is 4.14. The summed E-state index contributed by atoms with van der Waals surface area (Å²) in [5.41, 5.74) is 2.46. The minimum Gasteiger partial charge on any atom is -0.362 e. The molecule has 1 aromatic carbocycles. The summed E-state index contributed by atoms with van der Waals surface area (Å²) in [4.78, 5) is 0. The van der Waals surface area contributed by atoms with Gasteiger partial charge in [-0.15, -0.1) is 0 Å². The molecule has 0 fully saturated rings. The standard InChI is InChI=1S/C11H11N/c1-2-6-10(7-3-1)11-8-4-5-9-12-11/h1-3,5-9,12H,4H2. The fourth-order valence-electron chi connectivity index (χ4n) is 1.28. The number of benzene rings is 1. The van der Waals surface area contributed by atoms with Crippen molar-refractivity contribution in [3.63, 3.8) is 0 Å². The summed E-state index contributed by atoms with van der Waals surface area (Å²) < 4.78 is 0. The van der Waals surface area contributed by atoms with Crippen molar-refractivity contribution < 1.29 is 0 Å². The van der Waals surface area contributed by atoms with Gasteiger partial charge >= 0.3 is 0 Å². The Balaban J connectivity index is 2.26. The van der Waals surface area contributed by atoms with Gasteiger partial charge in [0.15, 0.2) is 0 Å². The van der Waals surface area contributed by atoms with Crippen LogP contribution >= 0.6 is 0 Å². The van der Waals surface area contributed by atoms with Crippen molar-refractivity contribution in [1.82, 2.24) is 5.32 Å². The topological polar surface area (TPSA) is 12.0 Å². The summed E-state index contributed by atoms with van der Waals surface area (Å²) in [6, 6.07) is 10.4. The highest BCUT2D eigenvalue weighted by molar-refractivity contribution is 5.65. The van der Waals surface area contributed by atoms with Crippen molar-refractivity contribution in [3.8, 4) is 0 Å². The van der Waals surface area contributed by atoms with Gasteiger partial charge in [0.25, 0.3) is 0 Å². The summed E-state index contributed by atoms with van der Waals surface area (Å²) in [5.74, 6) is 0. The van der Waals surface area contributed by atoms with Crippen LogP contribution in [0.15, 0.2) is 48.7 Å². The third kappa shape index (κ3) is 1.40. The lowest BCUT2D eigenvalue weighted by Gasteiger charge is -2.10. The molecular formula is C11H11N. The zero-order valence-electron chi connectivity index (χ0n) is 6.83. The Kier molecular flexibility index (Phi) is 1.95. The third-order valence-corrected chi connectivity index (χ3v) is 1.90. The zero-order valence-corrected chi connectivity index (χ0v) is 6.83. The molecule has 1 nitrogen and oxygen atoms in total. The predicted octanol–water partition coefficient (Wildman–Crippen LogP) is 2.53. The fourth-order valence-corrected chi connectivity index (χ4v) is 1.28. The Morgan fingerprint density at radius 3 is 2.58 bits per heavy atom. The van der Waals surface area contributed by atoms with E-state index in [2.05, 4.69) is 41.7 Å². The van der Waals surface area contributed by atoms with Gasteiger partial charge < -0.3 is 5.32 Å². The van der Waals surface area contributed by atoms with E-state index in [4.69, 9.17) is 0 Å². The highest BCUT2D eigenvalue weighted by Crippen LogP contribution is 2.13. The Morgan fingerprint density at radius 2 is 1.92 bits per heavy atom. The Hall–Kier alpha value is -1.50. The van der Waals surface area contributed by atoms with Crippen LogP contribution in [0.4, 0.5) is 0 Å². The molecule has 1 aliphatic rings. The van der Waals surface area contributed by atoms with Crippen LogP contribution < -0.4 is 5.32 Å². The minimum absolute atomic E-state index is 1.03. The summed E-state index contributed by atoms with van der Waals surface area (Å²) in [5, 5.41) is 3.22. The Labute approximate surface area is 72.4 Å². The van der Waals surface area contributed by atoms with Crippen LogP contribution in [0.25, 0.3) is 5.70 Å². The van der Waals surface area contributed by atoms with Crippen LogP contribution in [0, 0.1) is 0 Å². The van der Waals surface area contributed by atoms with E-state index in [1.165, 1.54) is 11.3 Å². The quantitative estimate of drug-likeness (QED) is 0.660. The van der Waals surface area contributed by atoms with Crippen LogP contribution in [0.1, 0.15) is 12.0 Å². The van der Waals surface area contributed by atoms with Crippen LogP contribution in [-0.2, 0) is 0 Å². The molecule has 0 unspecified atom stereocenters. The molecule has 1 aliphatic heterocycles. The molecule has 0 spiro atoms. The first-order chi connectivity index (χ1) is 5.97. The second-order valence-electron chi connectivity index (χ2n) is 2.77. The maximum absolute atomic E-state index is 3.22. The van der Waals surface area contributed by atoms with Crippen LogP contribution in [0.5, 0.6) is 0 Å². The van der Waals surface area contributed by atoms with Gasteiger partial charge in [0.05, 0.1) is 0 Å². The van der Waals surface area contributed by atoms with E-state index in [1.807, 2.05) is 12.3 Å². The fraction of sp³-hybridized carbons (Fsp3) is 0.0909. The van der Waals surface area contributed by atoms with Crippen LogP contribution in [0.3, 0.4) is 0 Å². The van der Waals surface area contributed by atoms with E-state index in [-0.39, 0.29) is 0 Å². The molecule has 1 heterocycles. The average molecular weight is 157 g/mol. The van der Waals surface area contributed by atoms with Gasteiger partial charge in [0.2, 0.25) is 0 Å². The molecule has 1 aromatic rings. The van der Waals surface area contributed by atoms with Crippen LogP contribution in [-0.4, -0.2) is 0 Å². The zero-order chi connectivity index (χ0) is 8.23. The van der Waals surface area contributed by atoms with Gasteiger partial charge in [0.1, 0.15) is 0 Å². The molecule has 0 aromatic heterocycles. The highest BCUT2D eigenvalue weighted by Gasteiger charge is 1.98. The van der Waals surface area contributed by atoms with Crippen molar-refractivity contribution >= 4 is 5.70 Å². The molecular weight excluding hydrogens is 146 g/mol. The summed E-state index contributed by atoms with van der Waals surface area (Å²) in [6.07, 6.45) is 7.31. The van der Waals surface area contributed by atoms with Gasteiger partial charge in [-0.25, -0.2) is 0 Å². The maximum Gasteiger partial charge on any atom is 0.0415 e. The monoisotopic (exact) mass is 157 g/mol. The molecule has 0 bridgehead atoms. The van der Waals surface area contributed by atoms with E-state index >= 15 is 0 Å². The number of rotatable bonds is 1. The van der Waals surface area contributed by atoms with Gasteiger partial charge in [-0.2, -0.15) is 0 Å². The van der Waals surface area contributed by atoms with E-state index in [1.54, 1.807) is 0 Å². The number of nitrogens with one attached hydrogen (secondary N) is 1. The van der Waals surface area contributed by atoms with Crippen molar-refractivity contribution in [2.45, 2.75) is 6.42 Å². The number of allylic oxidation sites excluding steroid dienone is 2. The van der Waals surface area contributed by atoms with E-state index in [9.17, 15) is 0 Å². The predicted molar refractivity (Wildman–Crippen MR) is 51.3 cm³/mol. The molecule has 0 atom stereocenters. The summed E-state index contributed by atoms with van der Waals surface area (Å²) in [6.45, 7) is 0. The van der Waals surface area contributed by atoms with E-state index < -0.39 is 0 Å². The molecule has 1 N–H and O–H groups in total. The molecule has 2 rings (SSSR count). The molecule has 60 valence electrons. The van der Waals surface area contributed by atoms with Gasteiger partial charge in [-0.05, 0) is 18.2 Å². The summed E-state index contributed by atoms with van der Waals surface area (Å²) in [7, 11) is 0. The first-order valence-corrected chi connectivity index (χ1v) is 4.14. The molecule has 0 radical (unpaired) electrons. The highest BCUT2D eigenvalue weighted by atomic mass is 14.9. The molecule has 0 aliphatic carbocycles. The molecule has 1 heteroatoms. The average Bonchev–Trinajstić information content (AvgIpc) is 2.21. The lowest BCUT2D eigenvalue weighted by atomic mass is 10.1. The number of dihydropyridines is 1. The van der Waals surface area contributed by atoms with Crippen molar-refractivity contribution in [2.75, 3.05) is 0 Å². The second kappa shape index (κ2) is 3.26. The number of hydrogen-bond acceptors (Lipinski definition) is 1. The summed E-state index contributed by atoms with van der Waals surface area (Å²) >= 11 is 0. The maximum atomic E-state index is 3.22. The largest absolute Gasteiger partial charge is 0.362 e. The minimum atomic E-state index is 1.03. The third-order valence-electron chi connectivity index (χ3n) is 1.90. The second-order valence-corrected chi connectivity index (χ2v) is 2.77. The Bertz CT molecular complexity index is 309. The van der Waals surface area contributed by atoms with Gasteiger partial charge in [-0.3, -0.25) is 0 Å². The smallest absolute Gasteiger partial charge is 0.0415 e. The molecule has 0 saturated heterocycles. The lowest BCUT2D eigenvalue weighted by Crippen LogP contribution is -2.05. The van der Waals surface area contributed by atoms with Gasteiger partial charge in [-0.1, -0.05) is 42.5 Å². The van der Waals surface area contributed by atoms with Crippen molar-refractivity contribution in [2.24, 2.45) is 0 Å². The van der Waals surface area contributed by atoms with Crippen molar-refractivity contribution in [1.29, 1.82) is 0 Å². The van der Waals surface area contributed by atoms with Crippen molar-refractivity contribution in [3.05, 3.63) is 54.2 Å². The Morgan fingerprint density at radius 1 is 1.08 bits per heavy atom. The SMILES string of the molecule is C1=CNC(c2ccccc2)=CC1. The van der Waals surface area contributed by atoms with Gasteiger partial charge in [0, 0.05) is 5.70 Å².